The molecule has 0 saturated carbocycles. The molecule has 13 heavy (non-hydrogen) atoms. The van der Waals surface area contributed by atoms with Crippen molar-refractivity contribution in [2.75, 3.05) is 13.7 Å². The van der Waals surface area contributed by atoms with E-state index in [0.717, 1.165) is 12.8 Å². The van der Waals surface area contributed by atoms with Crippen LogP contribution in [0.25, 0.3) is 0 Å². The Morgan fingerprint density at radius 1 is 1.54 bits per heavy atom. The van der Waals surface area contributed by atoms with Crippen molar-refractivity contribution in [3.63, 3.8) is 0 Å². The van der Waals surface area contributed by atoms with Crippen molar-refractivity contribution in [3.8, 4) is 0 Å². The summed E-state index contributed by atoms with van der Waals surface area (Å²) in [5.74, 6) is 0. The molecule has 1 fully saturated rings. The Morgan fingerprint density at radius 2 is 2.15 bits per heavy atom. The lowest BCUT2D eigenvalue weighted by Gasteiger charge is -2.35. The third-order valence-corrected chi connectivity index (χ3v) is 4.05. The molecule has 0 bridgehead atoms. The molecule has 1 aliphatic rings. The Morgan fingerprint density at radius 3 is 2.62 bits per heavy atom. The van der Waals surface area contributed by atoms with Crippen LogP contribution in [-0.2, 0) is 14.0 Å². The number of nitrogens with zero attached hydrogens (tertiary/aromatic N) is 1. The highest BCUT2D eigenvalue weighted by Gasteiger charge is 2.34. The highest BCUT2D eigenvalue weighted by Crippen LogP contribution is 2.24. The van der Waals surface area contributed by atoms with Crippen LogP contribution in [0, 0.1) is 0 Å². The maximum absolute atomic E-state index is 11.1. The van der Waals surface area contributed by atoms with Gasteiger partial charge >= 0.3 is 0 Å². The zero-order chi connectivity index (χ0) is 10.1. The number of halogens is 1. The monoisotopic (exact) mass is 227 g/mol. The third kappa shape index (κ3) is 2.56. The largest absolute Gasteiger partial charge is 0.380 e. The predicted octanol–water partition coefficient (Wildman–Crippen LogP) is 0.969. The fraction of sp³-hybridized carbons (Fsp3) is 1.00. The third-order valence-electron chi connectivity index (χ3n) is 2.44. The fourth-order valence-electron chi connectivity index (χ4n) is 1.70. The maximum Gasteiger partial charge on any atom is 0.300 e. The van der Waals surface area contributed by atoms with Gasteiger partial charge in [0.1, 0.15) is 0 Å². The summed E-state index contributed by atoms with van der Waals surface area (Å²) in [5, 5.41) is 0. The first-order valence-electron chi connectivity index (χ1n) is 4.21. The van der Waals surface area contributed by atoms with E-state index >= 15 is 0 Å². The summed E-state index contributed by atoms with van der Waals surface area (Å²) < 4.78 is 28.6. The van der Waals surface area contributed by atoms with Gasteiger partial charge in [0.15, 0.2) is 0 Å². The number of ether oxygens (including phenoxy) is 1. The predicted molar refractivity (Wildman–Crippen MR) is 51.0 cm³/mol. The van der Waals surface area contributed by atoms with Gasteiger partial charge in [-0.3, -0.25) is 0 Å². The van der Waals surface area contributed by atoms with Crippen molar-refractivity contribution in [2.24, 2.45) is 0 Å². The maximum atomic E-state index is 11.1. The SMILES string of the molecule is CO[C@H]1CCCN(S(=O)(=O)Cl)[C@H]1C. The first-order valence-corrected chi connectivity index (χ1v) is 6.47. The Balaban J connectivity index is 2.77. The Bertz CT molecular complexity index is 267. The second kappa shape index (κ2) is 4.13. The molecule has 0 unspecified atom stereocenters. The number of hydrogen-bond acceptors (Lipinski definition) is 3. The van der Waals surface area contributed by atoms with Crippen LogP contribution in [0.5, 0.6) is 0 Å². The quantitative estimate of drug-likeness (QED) is 0.661. The highest BCUT2D eigenvalue weighted by molar-refractivity contribution is 8.11. The Hall–Kier alpha value is 0.160. The van der Waals surface area contributed by atoms with E-state index in [-0.39, 0.29) is 12.1 Å². The Labute approximate surface area is 83.4 Å². The molecule has 0 aromatic carbocycles. The molecule has 2 atom stereocenters. The van der Waals surface area contributed by atoms with Crippen LogP contribution < -0.4 is 0 Å². The Kier molecular flexibility index (Phi) is 3.57. The summed E-state index contributed by atoms with van der Waals surface area (Å²) >= 11 is 0. The van der Waals surface area contributed by atoms with Crippen molar-refractivity contribution in [2.45, 2.75) is 31.9 Å². The molecule has 0 aromatic heterocycles. The van der Waals surface area contributed by atoms with Crippen molar-refractivity contribution >= 4 is 19.9 Å². The zero-order valence-electron chi connectivity index (χ0n) is 7.73. The molecule has 4 nitrogen and oxygen atoms in total. The van der Waals surface area contributed by atoms with E-state index in [4.69, 9.17) is 15.4 Å². The molecule has 1 rings (SSSR count). The molecule has 1 aliphatic heterocycles. The molecule has 6 heteroatoms. The van der Waals surface area contributed by atoms with E-state index in [0.29, 0.717) is 6.54 Å². The fourth-order valence-corrected chi connectivity index (χ4v) is 3.17. The summed E-state index contributed by atoms with van der Waals surface area (Å²) in [6.45, 7) is 2.31. The minimum atomic E-state index is -3.59. The van der Waals surface area contributed by atoms with E-state index in [1.807, 2.05) is 6.92 Å². The minimum absolute atomic E-state index is 0.0396. The molecule has 0 amide bonds. The van der Waals surface area contributed by atoms with Gasteiger partial charge in [0.05, 0.1) is 6.10 Å². The van der Waals surface area contributed by atoms with Gasteiger partial charge in [0.2, 0.25) is 0 Å². The van der Waals surface area contributed by atoms with Gasteiger partial charge in [-0.05, 0) is 19.8 Å². The molecule has 0 aromatic rings. The second-order valence-corrected chi connectivity index (χ2v) is 5.67. The van der Waals surface area contributed by atoms with Crippen molar-refractivity contribution in [3.05, 3.63) is 0 Å². The molecular weight excluding hydrogens is 214 g/mol. The number of hydrogen-bond donors (Lipinski definition) is 0. The average molecular weight is 228 g/mol. The van der Waals surface area contributed by atoms with Crippen molar-refractivity contribution in [1.29, 1.82) is 0 Å². The van der Waals surface area contributed by atoms with Gasteiger partial charge in [0.25, 0.3) is 9.24 Å². The molecule has 0 N–H and O–H groups in total. The number of rotatable bonds is 2. The first kappa shape index (κ1) is 11.2. The van der Waals surface area contributed by atoms with Crippen molar-refractivity contribution in [1.82, 2.24) is 4.31 Å². The summed E-state index contributed by atoms with van der Waals surface area (Å²) in [6.07, 6.45) is 1.65. The van der Waals surface area contributed by atoms with Gasteiger partial charge < -0.3 is 4.74 Å². The highest BCUT2D eigenvalue weighted by atomic mass is 35.7. The van der Waals surface area contributed by atoms with E-state index in [9.17, 15) is 8.42 Å². The first-order chi connectivity index (χ1) is 5.96. The normalized spacial score (nSPS) is 31.9. The number of piperidine rings is 1. The van der Waals surface area contributed by atoms with Crippen LogP contribution in [0.3, 0.4) is 0 Å². The van der Waals surface area contributed by atoms with Crippen LogP contribution in [0.4, 0.5) is 0 Å². The summed E-state index contributed by atoms with van der Waals surface area (Å²) in [4.78, 5) is 0. The average Bonchev–Trinajstić information content (AvgIpc) is 2.02. The van der Waals surface area contributed by atoms with Crippen LogP contribution >= 0.6 is 10.7 Å². The molecule has 0 radical (unpaired) electrons. The summed E-state index contributed by atoms with van der Waals surface area (Å²) in [7, 11) is 3.27. The van der Waals surface area contributed by atoms with Gasteiger partial charge in [-0.1, -0.05) is 0 Å². The van der Waals surface area contributed by atoms with Crippen LogP contribution in [0.1, 0.15) is 19.8 Å². The molecule has 78 valence electrons. The topological polar surface area (TPSA) is 46.6 Å². The molecule has 0 spiro atoms. The molecular formula is C7H14ClNO3S. The lowest BCUT2D eigenvalue weighted by Crippen LogP contribution is -2.48. The lowest BCUT2D eigenvalue weighted by molar-refractivity contribution is 0.0210. The smallest absolute Gasteiger partial charge is 0.300 e. The van der Waals surface area contributed by atoms with Crippen LogP contribution in [0.15, 0.2) is 0 Å². The molecule has 1 heterocycles. The van der Waals surface area contributed by atoms with Crippen LogP contribution in [0.2, 0.25) is 0 Å². The summed E-state index contributed by atoms with van der Waals surface area (Å²) in [5.41, 5.74) is 0. The van der Waals surface area contributed by atoms with E-state index < -0.39 is 9.24 Å². The van der Waals surface area contributed by atoms with E-state index in [1.165, 1.54) is 4.31 Å². The second-order valence-electron chi connectivity index (χ2n) is 3.21. The minimum Gasteiger partial charge on any atom is -0.380 e. The molecule has 0 aliphatic carbocycles. The van der Waals surface area contributed by atoms with Gasteiger partial charge in [-0.2, -0.15) is 12.7 Å². The lowest BCUT2D eigenvalue weighted by atomic mass is 10.0. The van der Waals surface area contributed by atoms with Gasteiger partial charge in [0, 0.05) is 30.4 Å². The van der Waals surface area contributed by atoms with Gasteiger partial charge in [-0.15, -0.1) is 0 Å². The molecule has 1 saturated heterocycles. The van der Waals surface area contributed by atoms with Crippen molar-refractivity contribution < 1.29 is 13.2 Å². The van der Waals surface area contributed by atoms with Crippen LogP contribution in [-0.4, -0.2) is 38.5 Å². The standard InChI is InChI=1S/C7H14ClNO3S/c1-6-7(12-2)4-3-5-9(6)13(8,10)11/h6-7H,3-5H2,1-2H3/t6-,7-/m0/s1. The zero-order valence-corrected chi connectivity index (χ0v) is 9.31. The summed E-state index contributed by atoms with van der Waals surface area (Å²) in [6, 6.07) is -0.166. The number of methoxy groups -OCH3 is 1. The van der Waals surface area contributed by atoms with Gasteiger partial charge in [-0.25, -0.2) is 0 Å². The van der Waals surface area contributed by atoms with E-state index in [1.54, 1.807) is 7.11 Å². The van der Waals surface area contributed by atoms with E-state index in [2.05, 4.69) is 0 Å².